The maximum absolute atomic E-state index is 12.6. The van der Waals surface area contributed by atoms with Gasteiger partial charge < -0.3 is 5.32 Å². The lowest BCUT2D eigenvalue weighted by atomic mass is 10.1. The first-order valence-electron chi connectivity index (χ1n) is 9.10. The Hall–Kier alpha value is -2.22. The number of amides is 1. The molecule has 144 valence electrons. The molecule has 2 aromatic carbocycles. The van der Waals surface area contributed by atoms with Crippen molar-refractivity contribution in [1.82, 2.24) is 9.62 Å². The average Bonchev–Trinajstić information content (AvgIpc) is 3.14. The molecule has 0 spiro atoms. The van der Waals surface area contributed by atoms with E-state index in [4.69, 9.17) is 0 Å². The van der Waals surface area contributed by atoms with E-state index in [1.54, 1.807) is 12.1 Å². The van der Waals surface area contributed by atoms with Crippen LogP contribution in [-0.2, 0) is 27.9 Å². The third-order valence-electron chi connectivity index (χ3n) is 4.65. The Kier molecular flexibility index (Phi) is 6.26. The van der Waals surface area contributed by atoms with Crippen LogP contribution in [0.25, 0.3) is 0 Å². The fourth-order valence-electron chi connectivity index (χ4n) is 3.24. The van der Waals surface area contributed by atoms with Crippen LogP contribution in [0.4, 0.5) is 5.69 Å². The van der Waals surface area contributed by atoms with Gasteiger partial charge in [-0.3, -0.25) is 9.69 Å². The van der Waals surface area contributed by atoms with Crippen molar-refractivity contribution >= 4 is 21.6 Å². The van der Waals surface area contributed by atoms with Gasteiger partial charge in [0.05, 0.1) is 4.90 Å². The number of benzene rings is 2. The zero-order valence-corrected chi connectivity index (χ0v) is 16.3. The molecular weight excluding hydrogens is 362 g/mol. The summed E-state index contributed by atoms with van der Waals surface area (Å²) in [5.41, 5.74) is 2.71. The lowest BCUT2D eigenvalue weighted by Gasteiger charge is -2.17. The third kappa shape index (κ3) is 5.38. The molecule has 2 aromatic rings. The molecule has 1 aliphatic heterocycles. The van der Waals surface area contributed by atoms with E-state index >= 15 is 0 Å². The monoisotopic (exact) mass is 387 g/mol. The summed E-state index contributed by atoms with van der Waals surface area (Å²) in [5.74, 6) is -0.196. The van der Waals surface area contributed by atoms with Crippen molar-refractivity contribution in [2.45, 2.75) is 37.8 Å². The minimum atomic E-state index is -3.62. The Morgan fingerprint density at radius 1 is 1.00 bits per heavy atom. The number of hydrogen-bond donors (Lipinski definition) is 2. The fourth-order valence-corrected chi connectivity index (χ4v) is 4.25. The van der Waals surface area contributed by atoms with Gasteiger partial charge in [0.15, 0.2) is 0 Å². The average molecular weight is 388 g/mol. The SMILES string of the molecule is CC(=O)Nc1ccc(S(=O)(=O)NCc2ccccc2CN2CCCC2)cc1. The van der Waals surface area contributed by atoms with Crippen LogP contribution in [0.15, 0.2) is 53.4 Å². The van der Waals surface area contributed by atoms with Crippen molar-refractivity contribution in [1.29, 1.82) is 0 Å². The molecule has 1 saturated heterocycles. The van der Waals surface area contributed by atoms with Crippen LogP contribution in [0.2, 0.25) is 0 Å². The molecule has 27 heavy (non-hydrogen) atoms. The predicted molar refractivity (Wildman–Crippen MR) is 106 cm³/mol. The van der Waals surface area contributed by atoms with E-state index in [1.165, 1.54) is 31.9 Å². The molecule has 1 aliphatic rings. The lowest BCUT2D eigenvalue weighted by molar-refractivity contribution is -0.114. The van der Waals surface area contributed by atoms with Crippen molar-refractivity contribution in [3.8, 4) is 0 Å². The molecule has 1 heterocycles. The number of hydrogen-bond acceptors (Lipinski definition) is 4. The third-order valence-corrected chi connectivity index (χ3v) is 6.07. The summed E-state index contributed by atoms with van der Waals surface area (Å²) in [6.45, 7) is 4.70. The molecule has 0 aromatic heterocycles. The second kappa shape index (κ2) is 8.65. The Bertz CT molecular complexity index is 889. The van der Waals surface area contributed by atoms with Crippen LogP contribution < -0.4 is 10.0 Å². The second-order valence-corrected chi connectivity index (χ2v) is 8.55. The van der Waals surface area contributed by atoms with E-state index in [-0.39, 0.29) is 17.3 Å². The first kappa shape index (κ1) is 19.5. The number of carbonyl (C=O) groups is 1. The Morgan fingerprint density at radius 2 is 1.63 bits per heavy atom. The lowest BCUT2D eigenvalue weighted by Crippen LogP contribution is -2.25. The van der Waals surface area contributed by atoms with Gasteiger partial charge in [-0.15, -0.1) is 0 Å². The number of sulfonamides is 1. The highest BCUT2D eigenvalue weighted by atomic mass is 32.2. The summed E-state index contributed by atoms with van der Waals surface area (Å²) in [6.07, 6.45) is 2.45. The number of anilines is 1. The van der Waals surface area contributed by atoms with E-state index in [0.717, 1.165) is 30.8 Å². The van der Waals surface area contributed by atoms with Gasteiger partial charge in [0.2, 0.25) is 15.9 Å². The summed E-state index contributed by atoms with van der Waals surface area (Å²) >= 11 is 0. The molecule has 0 unspecified atom stereocenters. The number of nitrogens with zero attached hydrogens (tertiary/aromatic N) is 1. The van der Waals surface area contributed by atoms with Gasteiger partial charge in [0.1, 0.15) is 0 Å². The quantitative estimate of drug-likeness (QED) is 0.766. The molecular formula is C20H25N3O3S. The van der Waals surface area contributed by atoms with Crippen molar-refractivity contribution < 1.29 is 13.2 Å². The number of nitrogens with one attached hydrogen (secondary N) is 2. The van der Waals surface area contributed by atoms with Crippen molar-refractivity contribution in [2.24, 2.45) is 0 Å². The van der Waals surface area contributed by atoms with Crippen molar-refractivity contribution in [3.63, 3.8) is 0 Å². The Balaban J connectivity index is 1.67. The van der Waals surface area contributed by atoms with E-state index < -0.39 is 10.0 Å². The molecule has 0 radical (unpaired) electrons. The molecule has 7 heteroatoms. The summed E-state index contributed by atoms with van der Waals surface area (Å²) in [5, 5.41) is 2.62. The maximum Gasteiger partial charge on any atom is 0.240 e. The fraction of sp³-hybridized carbons (Fsp3) is 0.350. The molecule has 1 amide bonds. The summed E-state index contributed by atoms with van der Waals surface area (Å²) in [7, 11) is -3.62. The molecule has 0 atom stereocenters. The van der Waals surface area contributed by atoms with Gasteiger partial charge in [-0.2, -0.15) is 0 Å². The van der Waals surface area contributed by atoms with E-state index in [2.05, 4.69) is 21.0 Å². The highest BCUT2D eigenvalue weighted by Gasteiger charge is 2.16. The minimum Gasteiger partial charge on any atom is -0.326 e. The van der Waals surface area contributed by atoms with Gasteiger partial charge >= 0.3 is 0 Å². The normalized spacial score (nSPS) is 15.0. The molecule has 0 aliphatic carbocycles. The van der Waals surface area contributed by atoms with Gasteiger partial charge in [0, 0.05) is 25.7 Å². The van der Waals surface area contributed by atoms with E-state index in [9.17, 15) is 13.2 Å². The molecule has 6 nitrogen and oxygen atoms in total. The smallest absolute Gasteiger partial charge is 0.240 e. The van der Waals surface area contributed by atoms with Crippen LogP contribution in [-0.4, -0.2) is 32.3 Å². The summed E-state index contributed by atoms with van der Waals surface area (Å²) in [6, 6.07) is 14.1. The maximum atomic E-state index is 12.6. The van der Waals surface area contributed by atoms with Crippen LogP contribution >= 0.6 is 0 Å². The van der Waals surface area contributed by atoms with Crippen molar-refractivity contribution in [3.05, 3.63) is 59.7 Å². The first-order chi connectivity index (χ1) is 12.9. The molecule has 2 N–H and O–H groups in total. The van der Waals surface area contributed by atoms with Gasteiger partial charge in [0.25, 0.3) is 0 Å². The predicted octanol–water partition coefficient (Wildman–Crippen LogP) is 2.72. The summed E-state index contributed by atoms with van der Waals surface area (Å²) < 4.78 is 27.9. The van der Waals surface area contributed by atoms with Crippen LogP contribution in [0.3, 0.4) is 0 Å². The van der Waals surface area contributed by atoms with Crippen LogP contribution in [0, 0.1) is 0 Å². The zero-order chi connectivity index (χ0) is 19.3. The standard InChI is InChI=1S/C20H25N3O3S/c1-16(24)22-19-8-10-20(11-9-19)27(25,26)21-14-17-6-2-3-7-18(17)15-23-12-4-5-13-23/h2-3,6-11,21H,4-5,12-15H2,1H3,(H,22,24). The minimum absolute atomic E-state index is 0.175. The van der Waals surface area contributed by atoms with E-state index in [1.807, 2.05) is 18.2 Å². The second-order valence-electron chi connectivity index (χ2n) is 6.78. The Labute approximate surface area is 160 Å². The summed E-state index contributed by atoms with van der Waals surface area (Å²) in [4.78, 5) is 13.6. The molecule has 0 bridgehead atoms. The number of rotatable bonds is 7. The number of likely N-dealkylation sites (tertiary alicyclic amines) is 1. The highest BCUT2D eigenvalue weighted by molar-refractivity contribution is 7.89. The first-order valence-corrected chi connectivity index (χ1v) is 10.6. The zero-order valence-electron chi connectivity index (χ0n) is 15.4. The van der Waals surface area contributed by atoms with Gasteiger partial charge in [-0.25, -0.2) is 13.1 Å². The van der Waals surface area contributed by atoms with Crippen LogP contribution in [0.1, 0.15) is 30.9 Å². The largest absolute Gasteiger partial charge is 0.326 e. The van der Waals surface area contributed by atoms with Gasteiger partial charge in [-0.1, -0.05) is 24.3 Å². The van der Waals surface area contributed by atoms with Crippen LogP contribution in [0.5, 0.6) is 0 Å². The highest BCUT2D eigenvalue weighted by Crippen LogP contribution is 2.18. The molecule has 1 fully saturated rings. The molecule has 0 saturated carbocycles. The molecule has 3 rings (SSSR count). The van der Waals surface area contributed by atoms with E-state index in [0.29, 0.717) is 5.69 Å². The van der Waals surface area contributed by atoms with Gasteiger partial charge in [-0.05, 0) is 61.3 Å². The topological polar surface area (TPSA) is 78.5 Å². The Morgan fingerprint density at radius 3 is 2.26 bits per heavy atom. The number of carbonyl (C=O) groups excluding carboxylic acids is 1. The van der Waals surface area contributed by atoms with Crippen molar-refractivity contribution in [2.75, 3.05) is 18.4 Å².